The van der Waals surface area contributed by atoms with E-state index < -0.39 is 0 Å². The Balaban J connectivity index is 2.34. The highest BCUT2D eigenvalue weighted by atomic mass is 16.5. The molecule has 0 fully saturated rings. The SMILES string of the molecule is CCCC(C)COc1ccc(C)cc1. The lowest BCUT2D eigenvalue weighted by Crippen LogP contribution is -2.07. The van der Waals surface area contributed by atoms with Crippen molar-refractivity contribution in [2.24, 2.45) is 5.92 Å². The van der Waals surface area contributed by atoms with Crippen molar-refractivity contribution in [3.63, 3.8) is 0 Å². The molecule has 0 N–H and O–H groups in total. The zero-order valence-corrected chi connectivity index (χ0v) is 9.42. The summed E-state index contributed by atoms with van der Waals surface area (Å²) in [4.78, 5) is 0. The molecule has 78 valence electrons. The van der Waals surface area contributed by atoms with Crippen LogP contribution < -0.4 is 4.74 Å². The van der Waals surface area contributed by atoms with E-state index >= 15 is 0 Å². The molecule has 14 heavy (non-hydrogen) atoms. The van der Waals surface area contributed by atoms with Crippen LogP contribution in [0.2, 0.25) is 0 Å². The van der Waals surface area contributed by atoms with Gasteiger partial charge in [-0.15, -0.1) is 0 Å². The fourth-order valence-corrected chi connectivity index (χ4v) is 1.45. The van der Waals surface area contributed by atoms with Gasteiger partial charge in [0, 0.05) is 0 Å². The molecule has 1 atom stereocenters. The van der Waals surface area contributed by atoms with Gasteiger partial charge in [-0.2, -0.15) is 0 Å². The molecule has 0 bridgehead atoms. The Morgan fingerprint density at radius 2 is 1.86 bits per heavy atom. The van der Waals surface area contributed by atoms with Gasteiger partial charge in [0.1, 0.15) is 5.75 Å². The van der Waals surface area contributed by atoms with Crippen LogP contribution in [0.15, 0.2) is 24.3 Å². The minimum atomic E-state index is 0.654. The molecule has 0 aromatic heterocycles. The van der Waals surface area contributed by atoms with E-state index in [9.17, 15) is 0 Å². The summed E-state index contributed by atoms with van der Waals surface area (Å²) < 4.78 is 5.68. The van der Waals surface area contributed by atoms with Crippen molar-refractivity contribution < 1.29 is 4.74 Å². The monoisotopic (exact) mass is 192 g/mol. The molecule has 0 radical (unpaired) electrons. The molecule has 1 aromatic carbocycles. The third-order valence-corrected chi connectivity index (χ3v) is 2.34. The van der Waals surface area contributed by atoms with Gasteiger partial charge in [0.15, 0.2) is 0 Å². The van der Waals surface area contributed by atoms with Crippen LogP contribution in [0, 0.1) is 12.8 Å². The van der Waals surface area contributed by atoms with E-state index in [0.717, 1.165) is 12.4 Å². The smallest absolute Gasteiger partial charge is 0.119 e. The van der Waals surface area contributed by atoms with E-state index in [0.29, 0.717) is 5.92 Å². The first-order chi connectivity index (χ1) is 6.72. The van der Waals surface area contributed by atoms with Crippen molar-refractivity contribution in [3.8, 4) is 5.75 Å². The quantitative estimate of drug-likeness (QED) is 0.689. The molecule has 0 saturated heterocycles. The van der Waals surface area contributed by atoms with Gasteiger partial charge < -0.3 is 4.74 Å². The van der Waals surface area contributed by atoms with Crippen LogP contribution >= 0.6 is 0 Å². The van der Waals surface area contributed by atoms with Gasteiger partial charge in [-0.25, -0.2) is 0 Å². The van der Waals surface area contributed by atoms with Gasteiger partial charge in [0.2, 0.25) is 0 Å². The van der Waals surface area contributed by atoms with E-state index in [1.807, 2.05) is 12.1 Å². The topological polar surface area (TPSA) is 9.23 Å². The summed E-state index contributed by atoms with van der Waals surface area (Å²) in [6.45, 7) is 7.36. The van der Waals surface area contributed by atoms with Crippen molar-refractivity contribution in [1.82, 2.24) is 0 Å². The minimum Gasteiger partial charge on any atom is -0.493 e. The van der Waals surface area contributed by atoms with Crippen molar-refractivity contribution in [1.29, 1.82) is 0 Å². The van der Waals surface area contributed by atoms with Gasteiger partial charge in [0.05, 0.1) is 6.61 Å². The number of rotatable bonds is 5. The molecule has 0 aliphatic carbocycles. The molecular weight excluding hydrogens is 172 g/mol. The number of aryl methyl sites for hydroxylation is 1. The van der Waals surface area contributed by atoms with Crippen LogP contribution in [0.1, 0.15) is 32.3 Å². The summed E-state index contributed by atoms with van der Waals surface area (Å²) >= 11 is 0. The Morgan fingerprint density at radius 3 is 2.43 bits per heavy atom. The van der Waals surface area contributed by atoms with Crippen LogP contribution in [0.4, 0.5) is 0 Å². The lowest BCUT2D eigenvalue weighted by atomic mass is 10.1. The zero-order chi connectivity index (χ0) is 10.4. The summed E-state index contributed by atoms with van der Waals surface area (Å²) in [6.07, 6.45) is 2.48. The Kier molecular flexibility index (Phi) is 4.51. The highest BCUT2D eigenvalue weighted by Gasteiger charge is 2.01. The molecule has 1 heteroatoms. The van der Waals surface area contributed by atoms with E-state index in [2.05, 4.69) is 32.9 Å². The molecule has 1 rings (SSSR count). The number of benzene rings is 1. The first kappa shape index (κ1) is 11.1. The molecule has 0 spiro atoms. The van der Waals surface area contributed by atoms with E-state index in [1.54, 1.807) is 0 Å². The Bertz CT molecular complexity index is 250. The second kappa shape index (κ2) is 5.69. The fraction of sp³-hybridized carbons (Fsp3) is 0.538. The summed E-state index contributed by atoms with van der Waals surface area (Å²) in [5.41, 5.74) is 1.28. The van der Waals surface area contributed by atoms with Crippen LogP contribution in [-0.2, 0) is 0 Å². The zero-order valence-electron chi connectivity index (χ0n) is 9.42. The maximum absolute atomic E-state index is 5.68. The minimum absolute atomic E-state index is 0.654. The Hall–Kier alpha value is -0.980. The third kappa shape index (κ3) is 3.82. The van der Waals surface area contributed by atoms with Crippen molar-refractivity contribution in [2.45, 2.75) is 33.6 Å². The second-order valence-corrected chi connectivity index (χ2v) is 4.02. The van der Waals surface area contributed by atoms with Crippen LogP contribution in [0.5, 0.6) is 5.75 Å². The molecule has 1 aromatic rings. The summed E-state index contributed by atoms with van der Waals surface area (Å²) in [5.74, 6) is 1.64. The number of ether oxygens (including phenoxy) is 1. The molecule has 0 heterocycles. The normalized spacial score (nSPS) is 12.5. The molecule has 0 amide bonds. The average Bonchev–Trinajstić information content (AvgIpc) is 2.17. The van der Waals surface area contributed by atoms with Crippen LogP contribution in [0.25, 0.3) is 0 Å². The van der Waals surface area contributed by atoms with E-state index in [-0.39, 0.29) is 0 Å². The Labute approximate surface area is 87.1 Å². The van der Waals surface area contributed by atoms with E-state index in [1.165, 1.54) is 18.4 Å². The standard InChI is InChI=1S/C13H20O/c1-4-5-12(3)10-14-13-8-6-11(2)7-9-13/h6-9,12H,4-5,10H2,1-3H3. The highest BCUT2D eigenvalue weighted by molar-refractivity contribution is 5.26. The van der Waals surface area contributed by atoms with Gasteiger partial charge >= 0.3 is 0 Å². The molecule has 0 saturated carbocycles. The molecule has 1 nitrogen and oxygen atoms in total. The van der Waals surface area contributed by atoms with Gasteiger partial charge in [0.25, 0.3) is 0 Å². The van der Waals surface area contributed by atoms with Crippen molar-refractivity contribution >= 4 is 0 Å². The van der Waals surface area contributed by atoms with Crippen LogP contribution in [-0.4, -0.2) is 6.61 Å². The first-order valence-electron chi connectivity index (χ1n) is 5.42. The maximum atomic E-state index is 5.68. The lowest BCUT2D eigenvalue weighted by molar-refractivity contribution is 0.251. The Morgan fingerprint density at radius 1 is 1.21 bits per heavy atom. The molecule has 0 aliphatic rings. The second-order valence-electron chi connectivity index (χ2n) is 4.02. The largest absolute Gasteiger partial charge is 0.493 e. The summed E-state index contributed by atoms with van der Waals surface area (Å²) in [5, 5.41) is 0. The van der Waals surface area contributed by atoms with Gasteiger partial charge in [-0.1, -0.05) is 38.0 Å². The first-order valence-corrected chi connectivity index (χ1v) is 5.42. The van der Waals surface area contributed by atoms with E-state index in [4.69, 9.17) is 4.74 Å². The molecule has 0 aliphatic heterocycles. The highest BCUT2D eigenvalue weighted by Crippen LogP contribution is 2.13. The van der Waals surface area contributed by atoms with Gasteiger partial charge in [-0.05, 0) is 31.4 Å². The van der Waals surface area contributed by atoms with Crippen molar-refractivity contribution in [3.05, 3.63) is 29.8 Å². The predicted octanol–water partition coefficient (Wildman–Crippen LogP) is 3.81. The number of hydrogen-bond acceptors (Lipinski definition) is 1. The fourth-order valence-electron chi connectivity index (χ4n) is 1.45. The van der Waals surface area contributed by atoms with Gasteiger partial charge in [-0.3, -0.25) is 0 Å². The summed E-state index contributed by atoms with van der Waals surface area (Å²) in [6, 6.07) is 8.24. The summed E-state index contributed by atoms with van der Waals surface area (Å²) in [7, 11) is 0. The average molecular weight is 192 g/mol. The molecular formula is C13H20O. The number of hydrogen-bond donors (Lipinski definition) is 0. The van der Waals surface area contributed by atoms with Crippen LogP contribution in [0.3, 0.4) is 0 Å². The molecule has 1 unspecified atom stereocenters. The lowest BCUT2D eigenvalue weighted by Gasteiger charge is -2.11. The predicted molar refractivity (Wildman–Crippen MR) is 60.7 cm³/mol. The third-order valence-electron chi connectivity index (χ3n) is 2.34. The maximum Gasteiger partial charge on any atom is 0.119 e. The van der Waals surface area contributed by atoms with Crippen molar-refractivity contribution in [2.75, 3.05) is 6.61 Å².